The Hall–Kier alpha value is -0.330. The summed E-state index contributed by atoms with van der Waals surface area (Å²) in [4.78, 5) is 12.8. The summed E-state index contributed by atoms with van der Waals surface area (Å²) in [6.07, 6.45) is 39.3. The van der Waals surface area contributed by atoms with E-state index in [4.69, 9.17) is 0 Å². The minimum Gasteiger partial charge on any atom is -0.299 e. The topological polar surface area (TPSA) is 17.1 Å². The Bertz CT molecular complexity index is 412. The molecule has 1 nitrogen and oxygen atoms in total. The molecule has 1 rings (SSSR count). The normalized spacial score (nSPS) is 15.4. The number of carbonyl (C=O) groups is 1. The monoisotopic (exact) mass is 476 g/mol. The van der Waals surface area contributed by atoms with E-state index in [-0.39, 0.29) is 5.41 Å². The molecule has 1 aliphatic carbocycles. The van der Waals surface area contributed by atoms with Crippen molar-refractivity contribution in [2.75, 3.05) is 0 Å². The van der Waals surface area contributed by atoms with Gasteiger partial charge in [-0.05, 0) is 25.7 Å². The van der Waals surface area contributed by atoms with Gasteiger partial charge in [0.25, 0.3) is 0 Å². The quantitative estimate of drug-likeness (QED) is 0.113. The third-order valence-corrected chi connectivity index (χ3v) is 8.67. The second kappa shape index (κ2) is 23.1. The van der Waals surface area contributed by atoms with Crippen molar-refractivity contribution in [2.24, 2.45) is 5.41 Å². The van der Waals surface area contributed by atoms with Crippen LogP contribution in [-0.2, 0) is 4.79 Å². The van der Waals surface area contributed by atoms with Gasteiger partial charge in [-0.1, -0.05) is 168 Å². The van der Waals surface area contributed by atoms with Gasteiger partial charge in [0.1, 0.15) is 5.78 Å². The smallest absolute Gasteiger partial charge is 0.139 e. The average Bonchev–Trinajstić information content (AvgIpc) is 3.20. The van der Waals surface area contributed by atoms with Crippen molar-refractivity contribution in [3.8, 4) is 0 Å². The van der Waals surface area contributed by atoms with Crippen LogP contribution in [0.5, 0.6) is 0 Å². The molecular weight excluding hydrogens is 412 g/mol. The highest BCUT2D eigenvalue weighted by Crippen LogP contribution is 2.43. The van der Waals surface area contributed by atoms with Crippen LogP contribution in [0.4, 0.5) is 0 Å². The third-order valence-electron chi connectivity index (χ3n) is 8.67. The molecule has 1 saturated carbocycles. The Morgan fingerprint density at radius 3 is 1.03 bits per heavy atom. The summed E-state index contributed by atoms with van der Waals surface area (Å²) in [5.41, 5.74) is 0.0942. The van der Waals surface area contributed by atoms with Gasteiger partial charge in [0, 0.05) is 11.8 Å². The second-order valence-corrected chi connectivity index (χ2v) is 11.8. The molecule has 0 aliphatic heterocycles. The highest BCUT2D eigenvalue weighted by Gasteiger charge is 2.40. The predicted molar refractivity (Wildman–Crippen MR) is 153 cm³/mol. The second-order valence-electron chi connectivity index (χ2n) is 11.8. The van der Waals surface area contributed by atoms with Gasteiger partial charge in [-0.25, -0.2) is 0 Å². The van der Waals surface area contributed by atoms with E-state index in [2.05, 4.69) is 13.8 Å². The van der Waals surface area contributed by atoms with Gasteiger partial charge < -0.3 is 0 Å². The van der Waals surface area contributed by atoms with E-state index in [0.717, 1.165) is 12.8 Å². The zero-order valence-corrected chi connectivity index (χ0v) is 23.9. The number of rotatable bonds is 26. The zero-order chi connectivity index (χ0) is 24.6. The molecule has 0 N–H and O–H groups in total. The largest absolute Gasteiger partial charge is 0.299 e. The van der Waals surface area contributed by atoms with E-state index in [1.54, 1.807) is 0 Å². The van der Waals surface area contributed by atoms with Crippen LogP contribution in [0, 0.1) is 5.41 Å². The van der Waals surface area contributed by atoms with Crippen LogP contribution < -0.4 is 0 Å². The zero-order valence-electron chi connectivity index (χ0n) is 23.9. The summed E-state index contributed by atoms with van der Waals surface area (Å²) in [6, 6.07) is 0. The van der Waals surface area contributed by atoms with Gasteiger partial charge in [-0.3, -0.25) is 4.79 Å². The molecule has 0 aromatic heterocycles. The summed E-state index contributed by atoms with van der Waals surface area (Å²) in [7, 11) is 0. The van der Waals surface area contributed by atoms with Crippen LogP contribution in [0.3, 0.4) is 0 Å². The number of hydrogen-bond donors (Lipinski definition) is 0. The van der Waals surface area contributed by atoms with E-state index in [0.29, 0.717) is 5.78 Å². The Labute approximate surface area is 216 Å². The number of Topliss-reactive ketones (excluding diaryl/α,β-unsaturated/α-hetero) is 1. The fourth-order valence-corrected chi connectivity index (χ4v) is 6.25. The lowest BCUT2D eigenvalue weighted by Crippen LogP contribution is -2.25. The van der Waals surface area contributed by atoms with Crippen molar-refractivity contribution >= 4 is 5.78 Å². The van der Waals surface area contributed by atoms with E-state index in [9.17, 15) is 4.79 Å². The summed E-state index contributed by atoms with van der Waals surface area (Å²) in [5, 5.41) is 0. The van der Waals surface area contributed by atoms with Gasteiger partial charge in [-0.15, -0.1) is 0 Å². The summed E-state index contributed by atoms with van der Waals surface area (Å²) in [6.45, 7) is 4.59. The average molecular weight is 477 g/mol. The lowest BCUT2D eigenvalue weighted by molar-refractivity contribution is -0.126. The van der Waals surface area contributed by atoms with Crippen LogP contribution in [0.25, 0.3) is 0 Å². The van der Waals surface area contributed by atoms with Crippen molar-refractivity contribution in [3.05, 3.63) is 0 Å². The Morgan fingerprint density at radius 2 is 0.765 bits per heavy atom. The molecule has 1 fully saturated rings. The molecule has 202 valence electrons. The molecule has 0 radical (unpaired) electrons. The van der Waals surface area contributed by atoms with Crippen molar-refractivity contribution in [2.45, 2.75) is 200 Å². The molecule has 1 aliphatic rings. The molecule has 0 bridgehead atoms. The maximum atomic E-state index is 12.8. The van der Waals surface area contributed by atoms with Crippen LogP contribution in [0.15, 0.2) is 0 Å². The number of ketones is 1. The number of carbonyl (C=O) groups excluding carboxylic acids is 1. The third kappa shape index (κ3) is 16.4. The summed E-state index contributed by atoms with van der Waals surface area (Å²) < 4.78 is 0. The van der Waals surface area contributed by atoms with Gasteiger partial charge in [0.05, 0.1) is 0 Å². The Kier molecular flexibility index (Phi) is 21.5. The van der Waals surface area contributed by atoms with E-state index < -0.39 is 0 Å². The predicted octanol–water partition coefficient (Wildman–Crippen LogP) is 11.9. The first-order chi connectivity index (χ1) is 16.7. The summed E-state index contributed by atoms with van der Waals surface area (Å²) in [5.74, 6) is 0.624. The minimum atomic E-state index is 0.0942. The maximum Gasteiger partial charge on any atom is 0.139 e. The molecule has 0 aromatic carbocycles. The van der Waals surface area contributed by atoms with Crippen LogP contribution in [0.1, 0.15) is 200 Å². The first-order valence-corrected chi connectivity index (χ1v) is 16.3. The lowest BCUT2D eigenvalue weighted by Gasteiger charge is -2.27. The van der Waals surface area contributed by atoms with Crippen molar-refractivity contribution in [3.63, 3.8) is 0 Å². The fourth-order valence-electron chi connectivity index (χ4n) is 6.25. The molecule has 0 aromatic rings. The van der Waals surface area contributed by atoms with Crippen LogP contribution in [-0.4, -0.2) is 5.78 Å². The Morgan fingerprint density at radius 1 is 0.471 bits per heavy atom. The van der Waals surface area contributed by atoms with Crippen molar-refractivity contribution < 1.29 is 4.79 Å². The van der Waals surface area contributed by atoms with E-state index in [1.165, 1.54) is 173 Å². The molecular formula is C33H64O. The molecule has 0 atom stereocenters. The summed E-state index contributed by atoms with van der Waals surface area (Å²) >= 11 is 0. The molecule has 0 unspecified atom stereocenters. The van der Waals surface area contributed by atoms with E-state index in [1.807, 2.05) is 0 Å². The molecule has 1 heteroatoms. The van der Waals surface area contributed by atoms with Crippen molar-refractivity contribution in [1.82, 2.24) is 0 Å². The first kappa shape index (κ1) is 31.7. The highest BCUT2D eigenvalue weighted by molar-refractivity contribution is 5.86. The number of unbranched alkanes of at least 4 members (excludes halogenated alkanes) is 22. The molecule has 0 saturated heterocycles. The van der Waals surface area contributed by atoms with Crippen LogP contribution in [0.2, 0.25) is 0 Å². The molecule has 0 amide bonds. The lowest BCUT2D eigenvalue weighted by atomic mass is 9.75. The first-order valence-electron chi connectivity index (χ1n) is 16.3. The van der Waals surface area contributed by atoms with E-state index >= 15 is 0 Å². The SMILES string of the molecule is CCCCCCCCCCCCCCC1(CCCCCCCCCCCCCC)CCCC1=O. The van der Waals surface area contributed by atoms with Crippen molar-refractivity contribution in [1.29, 1.82) is 0 Å². The van der Waals surface area contributed by atoms with Gasteiger partial charge in [0.2, 0.25) is 0 Å². The minimum absolute atomic E-state index is 0.0942. The van der Waals surface area contributed by atoms with Gasteiger partial charge >= 0.3 is 0 Å². The standard InChI is InChI=1S/C33H64O/c1-3-5-7-9-11-13-15-17-19-21-23-25-29-33(31-27-28-32(33)34)30-26-24-22-20-18-16-14-12-10-8-6-4-2/h3-31H2,1-2H3. The number of hydrogen-bond acceptors (Lipinski definition) is 1. The van der Waals surface area contributed by atoms with Gasteiger partial charge in [0.15, 0.2) is 0 Å². The fraction of sp³-hybridized carbons (Fsp3) is 0.970. The van der Waals surface area contributed by atoms with Crippen LogP contribution >= 0.6 is 0 Å². The molecule has 0 heterocycles. The molecule has 34 heavy (non-hydrogen) atoms. The Balaban J connectivity index is 1.99. The molecule has 0 spiro atoms. The van der Waals surface area contributed by atoms with Gasteiger partial charge in [-0.2, -0.15) is 0 Å². The highest BCUT2D eigenvalue weighted by atomic mass is 16.1. The maximum absolute atomic E-state index is 12.8.